The third kappa shape index (κ3) is 2.74. The van der Waals surface area contributed by atoms with E-state index in [4.69, 9.17) is 0 Å². The minimum absolute atomic E-state index is 0.206. The Hall–Kier alpha value is -2.35. The average Bonchev–Trinajstić information content (AvgIpc) is 2.84. The summed E-state index contributed by atoms with van der Waals surface area (Å²) >= 11 is 0. The molecule has 1 aromatic carbocycles. The molecule has 0 atom stereocenters. The Morgan fingerprint density at radius 1 is 1.53 bits per heavy atom. The van der Waals surface area contributed by atoms with E-state index in [1.54, 1.807) is 0 Å². The molecule has 100 valence electrons. The summed E-state index contributed by atoms with van der Waals surface area (Å²) in [6.07, 6.45) is 1.47. The molecule has 0 aliphatic rings. The molecule has 0 saturated carbocycles. The molecule has 2 aromatic rings. The van der Waals surface area contributed by atoms with Gasteiger partial charge in [-0.2, -0.15) is 0 Å². The molecule has 0 unspecified atom stereocenters. The lowest BCUT2D eigenvalue weighted by Gasteiger charge is -2.02. The molecular formula is C11H12FN5O2. The van der Waals surface area contributed by atoms with Crippen LogP contribution in [0, 0.1) is 15.9 Å². The number of nitro benzene ring substituents is 1. The first-order valence-electron chi connectivity index (χ1n) is 5.68. The zero-order valence-electron chi connectivity index (χ0n) is 10.2. The molecular weight excluding hydrogens is 253 g/mol. The van der Waals surface area contributed by atoms with Crippen LogP contribution in [0.25, 0.3) is 5.69 Å². The van der Waals surface area contributed by atoms with Crippen LogP contribution in [0.2, 0.25) is 0 Å². The van der Waals surface area contributed by atoms with Crippen LogP contribution >= 0.6 is 0 Å². The van der Waals surface area contributed by atoms with Gasteiger partial charge in [0.2, 0.25) is 0 Å². The molecule has 7 nitrogen and oxygen atoms in total. The molecule has 19 heavy (non-hydrogen) atoms. The maximum absolute atomic E-state index is 13.7. The minimum atomic E-state index is -0.714. The second-order valence-electron chi connectivity index (χ2n) is 3.80. The summed E-state index contributed by atoms with van der Waals surface area (Å²) in [5.41, 5.74) is 0.0297. The number of benzene rings is 1. The predicted octanol–water partition coefficient (Wildman–Crippen LogP) is 1.42. The van der Waals surface area contributed by atoms with Crippen molar-refractivity contribution in [1.82, 2.24) is 20.3 Å². The number of nitrogens with one attached hydrogen (secondary N) is 1. The van der Waals surface area contributed by atoms with Gasteiger partial charge >= 0.3 is 0 Å². The Balaban J connectivity index is 2.41. The van der Waals surface area contributed by atoms with Gasteiger partial charge in [0, 0.05) is 12.6 Å². The normalized spacial score (nSPS) is 10.6. The van der Waals surface area contributed by atoms with Gasteiger partial charge < -0.3 is 5.32 Å². The third-order valence-electron chi connectivity index (χ3n) is 2.49. The highest BCUT2D eigenvalue weighted by Crippen LogP contribution is 2.24. The average molecular weight is 265 g/mol. The van der Waals surface area contributed by atoms with Gasteiger partial charge in [-0.3, -0.25) is 10.1 Å². The molecule has 0 amide bonds. The number of aromatic nitrogens is 3. The number of para-hydroxylation sites is 1. The van der Waals surface area contributed by atoms with Crippen molar-refractivity contribution in [1.29, 1.82) is 0 Å². The topological polar surface area (TPSA) is 85.9 Å². The highest BCUT2D eigenvalue weighted by atomic mass is 19.1. The molecule has 2 rings (SSSR count). The minimum Gasteiger partial charge on any atom is -0.311 e. The largest absolute Gasteiger partial charge is 0.311 e. The van der Waals surface area contributed by atoms with Crippen LogP contribution in [0.1, 0.15) is 12.6 Å². The van der Waals surface area contributed by atoms with Gasteiger partial charge in [-0.1, -0.05) is 18.2 Å². The first-order chi connectivity index (χ1) is 9.13. The highest BCUT2D eigenvalue weighted by molar-refractivity contribution is 5.52. The van der Waals surface area contributed by atoms with Crippen molar-refractivity contribution < 1.29 is 9.31 Å². The Kier molecular flexibility index (Phi) is 3.81. The summed E-state index contributed by atoms with van der Waals surface area (Å²) in [5, 5.41) is 21.5. The molecule has 1 heterocycles. The second kappa shape index (κ2) is 5.53. The van der Waals surface area contributed by atoms with Crippen LogP contribution in [0.5, 0.6) is 0 Å². The zero-order valence-corrected chi connectivity index (χ0v) is 10.2. The van der Waals surface area contributed by atoms with E-state index in [1.807, 2.05) is 6.92 Å². The van der Waals surface area contributed by atoms with E-state index >= 15 is 0 Å². The standard InChI is InChI=1S/C11H12FN5O2/c1-2-13-6-8-7-16(15-14-8)11-9(12)4-3-5-10(11)17(18)19/h3-5,7,13H,2,6H2,1H3. The summed E-state index contributed by atoms with van der Waals surface area (Å²) in [6, 6.07) is 3.66. The fourth-order valence-corrected chi connectivity index (χ4v) is 1.62. The van der Waals surface area contributed by atoms with Gasteiger partial charge in [0.25, 0.3) is 5.69 Å². The fraction of sp³-hybridized carbons (Fsp3) is 0.273. The van der Waals surface area contributed by atoms with Gasteiger partial charge in [-0.15, -0.1) is 5.10 Å². The van der Waals surface area contributed by atoms with Gasteiger partial charge in [-0.25, -0.2) is 9.07 Å². The first kappa shape index (κ1) is 13.1. The second-order valence-corrected chi connectivity index (χ2v) is 3.80. The molecule has 0 saturated heterocycles. The number of hydrogen-bond donors (Lipinski definition) is 1. The van der Waals surface area contributed by atoms with Gasteiger partial charge in [0.15, 0.2) is 11.5 Å². The van der Waals surface area contributed by atoms with Crippen molar-refractivity contribution in [2.24, 2.45) is 0 Å². The lowest BCUT2D eigenvalue weighted by atomic mass is 10.2. The molecule has 0 aliphatic carbocycles. The summed E-state index contributed by atoms with van der Waals surface area (Å²) in [4.78, 5) is 10.2. The van der Waals surface area contributed by atoms with E-state index in [2.05, 4.69) is 15.6 Å². The van der Waals surface area contributed by atoms with E-state index in [0.717, 1.165) is 17.3 Å². The van der Waals surface area contributed by atoms with E-state index in [1.165, 1.54) is 18.3 Å². The van der Waals surface area contributed by atoms with Crippen LogP contribution in [-0.4, -0.2) is 26.5 Å². The lowest BCUT2D eigenvalue weighted by molar-refractivity contribution is -0.384. The quantitative estimate of drug-likeness (QED) is 0.652. The molecule has 0 aliphatic heterocycles. The van der Waals surface area contributed by atoms with Crippen LogP contribution < -0.4 is 5.32 Å². The molecule has 0 radical (unpaired) electrons. The molecule has 8 heteroatoms. The first-order valence-corrected chi connectivity index (χ1v) is 5.68. The molecule has 0 spiro atoms. The van der Waals surface area contributed by atoms with Crippen molar-refractivity contribution in [3.8, 4) is 5.69 Å². The highest BCUT2D eigenvalue weighted by Gasteiger charge is 2.20. The number of nitro groups is 1. The molecule has 0 fully saturated rings. The van der Waals surface area contributed by atoms with Crippen molar-refractivity contribution >= 4 is 5.69 Å². The maximum Gasteiger partial charge on any atom is 0.297 e. The molecule has 1 aromatic heterocycles. The Labute approximate surface area is 108 Å². The van der Waals surface area contributed by atoms with E-state index in [-0.39, 0.29) is 11.4 Å². The summed E-state index contributed by atoms with van der Waals surface area (Å²) < 4.78 is 14.8. The zero-order chi connectivity index (χ0) is 13.8. The van der Waals surface area contributed by atoms with Gasteiger partial charge in [0.05, 0.1) is 16.8 Å². The number of rotatable bonds is 5. The monoisotopic (exact) mass is 265 g/mol. The van der Waals surface area contributed by atoms with Crippen LogP contribution in [0.3, 0.4) is 0 Å². The Morgan fingerprint density at radius 3 is 3.00 bits per heavy atom. The number of halogens is 1. The maximum atomic E-state index is 13.7. The van der Waals surface area contributed by atoms with Crippen LogP contribution in [0.15, 0.2) is 24.4 Å². The summed E-state index contributed by atoms with van der Waals surface area (Å²) in [6.45, 7) is 3.16. The number of hydrogen-bond acceptors (Lipinski definition) is 5. The van der Waals surface area contributed by atoms with Crippen molar-refractivity contribution in [2.75, 3.05) is 6.54 Å². The summed E-state index contributed by atoms with van der Waals surface area (Å²) in [5.74, 6) is -0.714. The fourth-order valence-electron chi connectivity index (χ4n) is 1.62. The lowest BCUT2D eigenvalue weighted by Crippen LogP contribution is -2.11. The van der Waals surface area contributed by atoms with E-state index in [0.29, 0.717) is 12.2 Å². The Bertz CT molecular complexity index is 599. The van der Waals surface area contributed by atoms with E-state index in [9.17, 15) is 14.5 Å². The number of nitrogens with zero attached hydrogens (tertiary/aromatic N) is 4. The SMILES string of the molecule is CCNCc1cn(-c2c(F)cccc2[N+](=O)[O-])nn1. The van der Waals surface area contributed by atoms with Crippen molar-refractivity contribution in [3.05, 3.63) is 46.0 Å². The van der Waals surface area contributed by atoms with E-state index < -0.39 is 10.7 Å². The smallest absolute Gasteiger partial charge is 0.297 e. The van der Waals surface area contributed by atoms with Crippen LogP contribution in [0.4, 0.5) is 10.1 Å². The van der Waals surface area contributed by atoms with Crippen molar-refractivity contribution in [3.63, 3.8) is 0 Å². The Morgan fingerprint density at radius 2 is 2.32 bits per heavy atom. The predicted molar refractivity (Wildman–Crippen MR) is 65.4 cm³/mol. The summed E-state index contributed by atoms with van der Waals surface area (Å²) in [7, 11) is 0. The van der Waals surface area contributed by atoms with Crippen LogP contribution in [-0.2, 0) is 6.54 Å². The van der Waals surface area contributed by atoms with Crippen molar-refractivity contribution in [2.45, 2.75) is 13.5 Å². The van der Waals surface area contributed by atoms with Gasteiger partial charge in [0.1, 0.15) is 0 Å². The third-order valence-corrected chi connectivity index (χ3v) is 2.49. The van der Waals surface area contributed by atoms with Gasteiger partial charge in [-0.05, 0) is 12.6 Å². The molecule has 0 bridgehead atoms. The molecule has 1 N–H and O–H groups in total.